The largest absolute Gasteiger partial charge is 0.356 e. The first-order valence-corrected chi connectivity index (χ1v) is 11.7. The molecule has 2 saturated heterocycles. The molecule has 0 unspecified atom stereocenters. The number of aryl methyl sites for hydroxylation is 2. The number of nitrogens with zero attached hydrogens (tertiary/aromatic N) is 3. The molecule has 2 fully saturated rings. The summed E-state index contributed by atoms with van der Waals surface area (Å²) >= 11 is 0. The molecule has 0 bridgehead atoms. The normalized spacial score (nSPS) is 21.2. The fraction of sp³-hybridized carbons (Fsp3) is 0.500. The summed E-state index contributed by atoms with van der Waals surface area (Å²) in [5.74, 6) is 1.05. The van der Waals surface area contributed by atoms with Gasteiger partial charge in [-0.2, -0.15) is 4.31 Å². The van der Waals surface area contributed by atoms with Crippen LogP contribution in [-0.2, 0) is 10.0 Å². The van der Waals surface area contributed by atoms with Gasteiger partial charge in [-0.05, 0) is 68.9 Å². The molecule has 0 N–H and O–H groups in total. The Morgan fingerprint density at radius 1 is 0.964 bits per heavy atom. The van der Waals surface area contributed by atoms with Gasteiger partial charge in [0.05, 0.1) is 10.9 Å². The lowest BCUT2D eigenvalue weighted by Gasteiger charge is -2.35. The number of sulfonamides is 1. The van der Waals surface area contributed by atoms with Crippen LogP contribution in [0.25, 0.3) is 0 Å². The van der Waals surface area contributed by atoms with E-state index < -0.39 is 10.0 Å². The molecule has 2 aromatic rings. The Kier molecular flexibility index (Phi) is 5.43. The van der Waals surface area contributed by atoms with Crippen LogP contribution in [0.15, 0.2) is 41.4 Å². The number of pyridine rings is 1. The number of hydrogen-bond donors (Lipinski definition) is 0. The first-order valence-electron chi connectivity index (χ1n) is 10.3. The van der Waals surface area contributed by atoms with Gasteiger partial charge in [0.25, 0.3) is 0 Å². The van der Waals surface area contributed by atoms with Crippen molar-refractivity contribution in [1.29, 1.82) is 0 Å². The molecule has 1 aromatic carbocycles. The Labute approximate surface area is 168 Å². The maximum Gasteiger partial charge on any atom is 0.243 e. The number of benzene rings is 1. The minimum Gasteiger partial charge on any atom is -0.356 e. The van der Waals surface area contributed by atoms with Crippen LogP contribution in [0.1, 0.15) is 54.8 Å². The molecular weight excluding hydrogens is 370 g/mol. The summed E-state index contributed by atoms with van der Waals surface area (Å²) in [7, 11) is -3.52. The van der Waals surface area contributed by atoms with Crippen LogP contribution in [0.5, 0.6) is 0 Å². The van der Waals surface area contributed by atoms with Gasteiger partial charge in [-0.3, -0.25) is 0 Å². The van der Waals surface area contributed by atoms with Crippen molar-refractivity contribution in [2.24, 2.45) is 0 Å². The summed E-state index contributed by atoms with van der Waals surface area (Å²) in [6, 6.07) is 9.17. The Hall–Kier alpha value is -1.92. The van der Waals surface area contributed by atoms with E-state index in [0.29, 0.717) is 11.4 Å². The maximum atomic E-state index is 13.3. The zero-order valence-electron chi connectivity index (χ0n) is 16.8. The first kappa shape index (κ1) is 19.4. The van der Waals surface area contributed by atoms with E-state index in [1.54, 1.807) is 16.4 Å². The van der Waals surface area contributed by atoms with Gasteiger partial charge in [-0.15, -0.1) is 0 Å². The molecule has 1 aromatic heterocycles. The Morgan fingerprint density at radius 2 is 1.64 bits per heavy atom. The zero-order valence-corrected chi connectivity index (χ0v) is 17.6. The molecule has 2 aliphatic heterocycles. The van der Waals surface area contributed by atoms with E-state index in [2.05, 4.69) is 17.9 Å². The Morgan fingerprint density at radius 3 is 2.32 bits per heavy atom. The van der Waals surface area contributed by atoms with Crippen molar-refractivity contribution in [2.75, 3.05) is 24.5 Å². The monoisotopic (exact) mass is 399 g/mol. The molecule has 0 saturated carbocycles. The molecule has 4 rings (SSSR count). The van der Waals surface area contributed by atoms with Gasteiger partial charge in [0.2, 0.25) is 10.0 Å². The molecular formula is C22H29N3O2S. The predicted octanol–water partition coefficient (Wildman–Crippen LogP) is 4.21. The SMILES string of the molecule is Cc1ccc(S(=O)(=O)N2CCCC[C@@H]2c2cnc(N3CCCC3)c(C)c2)cc1. The molecule has 6 heteroatoms. The van der Waals surface area contributed by atoms with E-state index in [1.807, 2.05) is 25.3 Å². The lowest BCUT2D eigenvalue weighted by Crippen LogP contribution is -2.38. The molecule has 0 radical (unpaired) electrons. The summed E-state index contributed by atoms with van der Waals surface area (Å²) in [5.41, 5.74) is 3.21. The molecule has 1 atom stereocenters. The van der Waals surface area contributed by atoms with Crippen LogP contribution in [0, 0.1) is 13.8 Å². The van der Waals surface area contributed by atoms with Crippen molar-refractivity contribution in [2.45, 2.75) is 56.9 Å². The summed E-state index contributed by atoms with van der Waals surface area (Å²) in [6.45, 7) is 6.74. The van der Waals surface area contributed by atoms with Crippen LogP contribution >= 0.6 is 0 Å². The van der Waals surface area contributed by atoms with Gasteiger partial charge in [-0.1, -0.05) is 24.1 Å². The number of anilines is 1. The minimum absolute atomic E-state index is 0.140. The van der Waals surface area contributed by atoms with Gasteiger partial charge >= 0.3 is 0 Å². The summed E-state index contributed by atoms with van der Waals surface area (Å²) in [6.07, 6.45) is 7.11. The van der Waals surface area contributed by atoms with Crippen LogP contribution < -0.4 is 4.90 Å². The van der Waals surface area contributed by atoms with Crippen molar-refractivity contribution in [1.82, 2.24) is 9.29 Å². The second-order valence-electron chi connectivity index (χ2n) is 8.04. The van der Waals surface area contributed by atoms with Crippen molar-refractivity contribution >= 4 is 15.8 Å². The lowest BCUT2D eigenvalue weighted by atomic mass is 9.98. The summed E-state index contributed by atoms with van der Waals surface area (Å²) in [4.78, 5) is 7.45. The number of rotatable bonds is 4. The van der Waals surface area contributed by atoms with E-state index in [0.717, 1.165) is 54.9 Å². The standard InChI is InChI=1S/C22H29N3O2S/c1-17-8-10-20(11-9-17)28(26,27)25-14-4-3-7-21(25)19-15-18(2)22(23-16-19)24-12-5-6-13-24/h8-11,15-16,21H,3-7,12-14H2,1-2H3/t21-/m1/s1. The smallest absolute Gasteiger partial charge is 0.243 e. The van der Waals surface area contributed by atoms with E-state index in [1.165, 1.54) is 12.8 Å². The summed E-state index contributed by atoms with van der Waals surface area (Å²) in [5, 5.41) is 0. The van der Waals surface area contributed by atoms with E-state index in [4.69, 9.17) is 4.98 Å². The van der Waals surface area contributed by atoms with Gasteiger partial charge in [-0.25, -0.2) is 13.4 Å². The average molecular weight is 400 g/mol. The highest BCUT2D eigenvalue weighted by atomic mass is 32.2. The highest BCUT2D eigenvalue weighted by molar-refractivity contribution is 7.89. The topological polar surface area (TPSA) is 53.5 Å². The third-order valence-electron chi connectivity index (χ3n) is 5.94. The van der Waals surface area contributed by atoms with Gasteiger partial charge in [0.15, 0.2) is 0 Å². The van der Waals surface area contributed by atoms with Crippen molar-refractivity contribution in [3.63, 3.8) is 0 Å². The third kappa shape index (κ3) is 3.67. The first-order chi connectivity index (χ1) is 13.5. The van der Waals surface area contributed by atoms with Crippen molar-refractivity contribution in [3.05, 3.63) is 53.2 Å². The number of piperidine rings is 1. The fourth-order valence-electron chi connectivity index (χ4n) is 4.40. The van der Waals surface area contributed by atoms with Crippen molar-refractivity contribution in [3.8, 4) is 0 Å². The molecule has 0 amide bonds. The second-order valence-corrected chi connectivity index (χ2v) is 9.93. The number of aromatic nitrogens is 1. The molecule has 5 nitrogen and oxygen atoms in total. The average Bonchev–Trinajstić information content (AvgIpc) is 3.23. The Bertz CT molecular complexity index is 935. The van der Waals surface area contributed by atoms with Crippen LogP contribution in [0.4, 0.5) is 5.82 Å². The second kappa shape index (κ2) is 7.84. The van der Waals surface area contributed by atoms with Crippen LogP contribution in [-0.4, -0.2) is 37.3 Å². The molecule has 28 heavy (non-hydrogen) atoms. The Balaban J connectivity index is 1.65. The highest BCUT2D eigenvalue weighted by Gasteiger charge is 2.35. The lowest BCUT2D eigenvalue weighted by molar-refractivity contribution is 0.255. The molecule has 150 valence electrons. The van der Waals surface area contributed by atoms with E-state index in [9.17, 15) is 8.42 Å². The van der Waals surface area contributed by atoms with Gasteiger partial charge in [0, 0.05) is 25.8 Å². The minimum atomic E-state index is -3.52. The van der Waals surface area contributed by atoms with Crippen LogP contribution in [0.3, 0.4) is 0 Å². The predicted molar refractivity (Wildman–Crippen MR) is 112 cm³/mol. The third-order valence-corrected chi connectivity index (χ3v) is 7.87. The molecule has 2 aliphatic rings. The fourth-order valence-corrected chi connectivity index (χ4v) is 6.09. The summed E-state index contributed by atoms with van der Waals surface area (Å²) < 4.78 is 28.4. The van der Waals surface area contributed by atoms with Crippen molar-refractivity contribution < 1.29 is 8.42 Å². The number of hydrogen-bond acceptors (Lipinski definition) is 4. The highest BCUT2D eigenvalue weighted by Crippen LogP contribution is 2.36. The molecule has 3 heterocycles. The van der Waals surface area contributed by atoms with Gasteiger partial charge in [0.1, 0.15) is 5.82 Å². The van der Waals surface area contributed by atoms with Crippen LogP contribution in [0.2, 0.25) is 0 Å². The molecule has 0 aliphatic carbocycles. The van der Waals surface area contributed by atoms with E-state index in [-0.39, 0.29) is 6.04 Å². The quantitative estimate of drug-likeness (QED) is 0.773. The maximum absolute atomic E-state index is 13.3. The molecule has 0 spiro atoms. The zero-order chi connectivity index (χ0) is 19.7. The van der Waals surface area contributed by atoms with E-state index >= 15 is 0 Å². The van der Waals surface area contributed by atoms with Gasteiger partial charge < -0.3 is 4.90 Å².